The minimum Gasteiger partial charge on any atom is -0.445 e. The number of rotatable bonds is 9. The van der Waals surface area contributed by atoms with Crippen LogP contribution in [0.25, 0.3) is 5.65 Å². The second kappa shape index (κ2) is 13.7. The fourth-order valence-corrected chi connectivity index (χ4v) is 6.23. The number of halogens is 8. The summed E-state index contributed by atoms with van der Waals surface area (Å²) in [5.74, 6) is -7.12. The minimum atomic E-state index is -4.65. The smallest absolute Gasteiger partial charge is 0.408 e. The summed E-state index contributed by atoms with van der Waals surface area (Å²) in [5, 5.41) is 9.32. The number of carbonyl (C=O) groups excluding carboxylic acids is 2. The lowest BCUT2D eigenvalue weighted by Crippen LogP contribution is -2.47. The van der Waals surface area contributed by atoms with Gasteiger partial charge in [-0.3, -0.25) is 4.79 Å². The molecule has 9 nitrogen and oxygen atoms in total. The van der Waals surface area contributed by atoms with E-state index in [1.54, 1.807) is 30.3 Å². The average Bonchev–Trinajstić information content (AvgIpc) is 3.41. The monoisotopic (exact) mass is 690 g/mol. The number of imidazole rings is 1. The Hall–Kier alpha value is -4.18. The number of carbonyl (C=O) groups is 2. The predicted molar refractivity (Wildman–Crippen MR) is 156 cm³/mol. The van der Waals surface area contributed by atoms with Gasteiger partial charge in [0.25, 0.3) is 0 Å². The molecule has 1 aliphatic heterocycles. The van der Waals surface area contributed by atoms with E-state index in [-0.39, 0.29) is 42.2 Å². The molecule has 17 heteroatoms. The van der Waals surface area contributed by atoms with Gasteiger partial charge in [0.1, 0.15) is 13.2 Å². The van der Waals surface area contributed by atoms with Gasteiger partial charge in [0.2, 0.25) is 11.8 Å². The number of hydrogen-bond donors (Lipinski definition) is 2. The van der Waals surface area contributed by atoms with Gasteiger partial charge in [-0.1, -0.05) is 30.3 Å². The van der Waals surface area contributed by atoms with E-state index in [0.717, 1.165) is 11.9 Å². The van der Waals surface area contributed by atoms with Gasteiger partial charge in [0.05, 0.1) is 35.2 Å². The number of ether oxygens (including phenoxy) is 1. The highest BCUT2D eigenvalue weighted by Gasteiger charge is 2.45. The number of nitrogens with zero attached hydrogens (tertiary/aromatic N) is 4. The summed E-state index contributed by atoms with van der Waals surface area (Å²) in [7, 11) is 1.13. The summed E-state index contributed by atoms with van der Waals surface area (Å²) in [6, 6.07) is 9.11. The third-order valence-electron chi connectivity index (χ3n) is 8.75. The van der Waals surface area contributed by atoms with Crippen molar-refractivity contribution in [3.05, 3.63) is 59.5 Å². The van der Waals surface area contributed by atoms with Crippen LogP contribution in [0.5, 0.6) is 0 Å². The van der Waals surface area contributed by atoms with Crippen LogP contribution in [0, 0.1) is 17.8 Å². The van der Waals surface area contributed by atoms with Crippen molar-refractivity contribution in [2.45, 2.75) is 69.4 Å². The number of aromatic nitrogens is 3. The maximum atomic E-state index is 14.1. The highest BCUT2D eigenvalue weighted by molar-refractivity contribution is 5.80. The van der Waals surface area contributed by atoms with Crippen LogP contribution in [-0.4, -0.2) is 65.0 Å². The Bertz CT molecular complexity index is 1590. The average molecular weight is 691 g/mol. The highest BCUT2D eigenvalue weighted by atomic mass is 19.4. The Labute approximate surface area is 270 Å². The van der Waals surface area contributed by atoms with E-state index < -0.39 is 92.8 Å². The van der Waals surface area contributed by atoms with Crippen LogP contribution in [0.4, 0.5) is 45.6 Å². The second-order valence-corrected chi connectivity index (χ2v) is 12.4. The van der Waals surface area contributed by atoms with Gasteiger partial charge in [-0.05, 0) is 30.7 Å². The van der Waals surface area contributed by atoms with Crippen molar-refractivity contribution in [1.82, 2.24) is 25.2 Å². The summed E-state index contributed by atoms with van der Waals surface area (Å²) >= 11 is 0. The molecular formula is C31H34F8N6O3. The first-order valence-electron chi connectivity index (χ1n) is 15.3. The van der Waals surface area contributed by atoms with Gasteiger partial charge in [-0.15, -0.1) is 0 Å². The number of alkyl carbamates (subject to hydrolysis) is 1. The quantitative estimate of drug-likeness (QED) is 0.253. The van der Waals surface area contributed by atoms with E-state index in [4.69, 9.17) is 4.74 Å². The normalized spacial score (nSPS) is 21.1. The summed E-state index contributed by atoms with van der Waals surface area (Å²) in [6.07, 6.45) is -10.5. The van der Waals surface area contributed by atoms with E-state index >= 15 is 0 Å². The zero-order chi connectivity index (χ0) is 34.9. The third kappa shape index (κ3) is 8.83. The molecule has 2 fully saturated rings. The largest absolute Gasteiger partial charge is 0.445 e. The van der Waals surface area contributed by atoms with Gasteiger partial charge in [-0.2, -0.15) is 31.4 Å². The Kier molecular flexibility index (Phi) is 10.1. The van der Waals surface area contributed by atoms with Gasteiger partial charge in [0.15, 0.2) is 5.65 Å². The Balaban J connectivity index is 1.47. The lowest BCUT2D eigenvalue weighted by molar-refractivity contribution is -0.183. The molecule has 3 heterocycles. The van der Waals surface area contributed by atoms with Crippen LogP contribution in [0.3, 0.4) is 0 Å². The topological polar surface area (TPSA) is 101 Å². The number of amides is 2. The van der Waals surface area contributed by atoms with Crippen molar-refractivity contribution in [1.29, 1.82) is 0 Å². The zero-order valence-corrected chi connectivity index (χ0v) is 25.8. The molecule has 3 atom stereocenters. The number of benzene rings is 1. The molecule has 0 spiro atoms. The zero-order valence-electron chi connectivity index (χ0n) is 25.8. The molecule has 1 unspecified atom stereocenters. The second-order valence-electron chi connectivity index (χ2n) is 12.4. The first kappa shape index (κ1) is 35.1. The molecule has 5 rings (SSSR count). The molecule has 3 aromatic rings. The maximum Gasteiger partial charge on any atom is 0.408 e. The molecule has 2 amide bonds. The molecular weight excluding hydrogens is 656 g/mol. The Morgan fingerprint density at radius 3 is 2.48 bits per heavy atom. The number of alkyl halides is 8. The summed E-state index contributed by atoms with van der Waals surface area (Å²) in [6.45, 7) is -2.11. The lowest BCUT2D eigenvalue weighted by atomic mass is 9.81. The number of hydrogen-bond acceptors (Lipinski definition) is 6. The fraction of sp³-hybridized carbons (Fsp3) is 0.548. The predicted octanol–water partition coefficient (Wildman–Crippen LogP) is 6.38. The van der Waals surface area contributed by atoms with E-state index in [9.17, 15) is 44.7 Å². The number of fused-ring (bicyclic) bond motifs is 1. The van der Waals surface area contributed by atoms with E-state index in [0.29, 0.717) is 5.56 Å². The molecule has 1 saturated carbocycles. The standard InChI is InChI=1S/C31H34F8N6O3/c1-44(17-30(34,35)36)24-13-25-41-23(15-45(25)43-22(24)12-20-11-21(31(37,38)39)14-40-27(20)46)26(19-7-9-29(32,33)10-8-19)42-28(47)48-16-18-5-3-2-4-6-18/h2-6,13,15,19-21,26H,7-12,14,16-17H2,1H3,(H,40,46)(H,42,47)/t20?,21-,26+/m1/s1. The third-order valence-corrected chi connectivity index (χ3v) is 8.75. The fourth-order valence-electron chi connectivity index (χ4n) is 6.23. The SMILES string of the molecule is CN(CC(F)(F)F)c1cc2nc([C@@H](NC(=O)OCc3ccccc3)C3CCC(F)(F)CC3)cn2nc1CC1C[C@@H](C(F)(F)F)CNC1=O. The van der Waals surface area contributed by atoms with Crippen molar-refractivity contribution in [2.24, 2.45) is 17.8 Å². The minimum absolute atomic E-state index is 0.0277. The molecule has 1 aliphatic carbocycles. The number of nitrogens with one attached hydrogen (secondary N) is 2. The van der Waals surface area contributed by atoms with E-state index in [2.05, 4.69) is 20.7 Å². The van der Waals surface area contributed by atoms with Gasteiger partial charge < -0.3 is 20.3 Å². The molecule has 2 aliphatic rings. The Morgan fingerprint density at radius 1 is 1.15 bits per heavy atom. The molecule has 48 heavy (non-hydrogen) atoms. The lowest BCUT2D eigenvalue weighted by Gasteiger charge is -2.33. The summed E-state index contributed by atoms with van der Waals surface area (Å²) in [4.78, 5) is 30.8. The molecule has 2 N–H and O–H groups in total. The molecule has 2 aromatic heterocycles. The van der Waals surface area contributed by atoms with Crippen LogP contribution in [0.2, 0.25) is 0 Å². The van der Waals surface area contributed by atoms with Gasteiger partial charge in [0, 0.05) is 44.8 Å². The maximum absolute atomic E-state index is 14.1. The molecule has 1 saturated heterocycles. The van der Waals surface area contributed by atoms with E-state index in [1.165, 1.54) is 16.8 Å². The molecule has 0 bridgehead atoms. The van der Waals surface area contributed by atoms with Crippen molar-refractivity contribution in [2.75, 3.05) is 25.0 Å². The van der Waals surface area contributed by atoms with Crippen molar-refractivity contribution in [3.8, 4) is 0 Å². The van der Waals surface area contributed by atoms with Crippen LogP contribution in [0.15, 0.2) is 42.6 Å². The van der Waals surface area contributed by atoms with Crippen molar-refractivity contribution >= 4 is 23.3 Å². The van der Waals surface area contributed by atoms with Gasteiger partial charge in [-0.25, -0.2) is 23.1 Å². The van der Waals surface area contributed by atoms with Crippen molar-refractivity contribution in [3.63, 3.8) is 0 Å². The van der Waals surface area contributed by atoms with Crippen LogP contribution < -0.4 is 15.5 Å². The number of anilines is 1. The summed E-state index contributed by atoms with van der Waals surface area (Å²) in [5.41, 5.74) is 0.719. The van der Waals surface area contributed by atoms with Crippen LogP contribution in [0.1, 0.15) is 55.1 Å². The van der Waals surface area contributed by atoms with E-state index in [1.807, 2.05) is 0 Å². The number of piperidine rings is 1. The van der Waals surface area contributed by atoms with Crippen LogP contribution >= 0.6 is 0 Å². The molecule has 0 radical (unpaired) electrons. The summed E-state index contributed by atoms with van der Waals surface area (Å²) < 4.78 is 115. The molecule has 1 aromatic carbocycles. The van der Waals surface area contributed by atoms with Gasteiger partial charge >= 0.3 is 18.4 Å². The Morgan fingerprint density at radius 2 is 1.83 bits per heavy atom. The van der Waals surface area contributed by atoms with Crippen LogP contribution in [-0.2, 0) is 22.6 Å². The first-order valence-corrected chi connectivity index (χ1v) is 15.3. The first-order chi connectivity index (χ1) is 22.5. The molecule has 262 valence electrons. The van der Waals surface area contributed by atoms with Crippen molar-refractivity contribution < 1.29 is 49.4 Å². The highest BCUT2D eigenvalue weighted by Crippen LogP contribution is 2.42.